The molecule has 1 atom stereocenters. The normalized spacial score (nSPS) is 16.9. The molecule has 1 aliphatic heterocycles. The van der Waals surface area contributed by atoms with Crippen LogP contribution in [0, 0.1) is 13.8 Å². The van der Waals surface area contributed by atoms with Crippen LogP contribution in [-0.2, 0) is 6.42 Å². The van der Waals surface area contributed by atoms with Gasteiger partial charge in [0.25, 0.3) is 0 Å². The van der Waals surface area contributed by atoms with Gasteiger partial charge in [0.15, 0.2) is 0 Å². The lowest BCUT2D eigenvalue weighted by atomic mass is 9.92. The summed E-state index contributed by atoms with van der Waals surface area (Å²) in [6.45, 7) is 7.92. The van der Waals surface area contributed by atoms with Crippen molar-refractivity contribution in [1.82, 2.24) is 10.3 Å². The van der Waals surface area contributed by atoms with Crippen molar-refractivity contribution >= 4 is 22.5 Å². The molecule has 3 aromatic rings. The molecule has 2 N–H and O–H groups in total. The summed E-state index contributed by atoms with van der Waals surface area (Å²) in [6.07, 6.45) is 1.00. The zero-order chi connectivity index (χ0) is 17.6. The predicted octanol–water partition coefficient (Wildman–Crippen LogP) is 5.07. The minimum atomic E-state index is 0.107. The number of ether oxygens (including phenoxy) is 1. The second kappa shape index (κ2) is 6.40. The Bertz CT molecular complexity index is 945. The van der Waals surface area contributed by atoms with Gasteiger partial charge in [-0.15, -0.1) is 0 Å². The molecule has 25 heavy (non-hydrogen) atoms. The van der Waals surface area contributed by atoms with Gasteiger partial charge in [-0.05, 0) is 68.1 Å². The molecule has 0 saturated heterocycles. The van der Waals surface area contributed by atoms with Crippen LogP contribution in [0.1, 0.15) is 40.9 Å². The van der Waals surface area contributed by atoms with Gasteiger partial charge in [-0.3, -0.25) is 0 Å². The van der Waals surface area contributed by atoms with Crippen LogP contribution < -0.4 is 10.1 Å². The minimum absolute atomic E-state index is 0.107. The van der Waals surface area contributed by atoms with Crippen LogP contribution >= 0.6 is 11.6 Å². The van der Waals surface area contributed by atoms with Crippen molar-refractivity contribution in [3.05, 3.63) is 63.3 Å². The van der Waals surface area contributed by atoms with E-state index in [9.17, 15) is 0 Å². The largest absolute Gasteiger partial charge is 0.494 e. The van der Waals surface area contributed by atoms with Crippen LogP contribution in [-0.4, -0.2) is 18.1 Å². The highest BCUT2D eigenvalue weighted by molar-refractivity contribution is 6.31. The highest BCUT2D eigenvalue weighted by Crippen LogP contribution is 2.38. The molecule has 4 rings (SSSR count). The average molecular weight is 355 g/mol. The van der Waals surface area contributed by atoms with Gasteiger partial charge in [0.05, 0.1) is 12.6 Å². The van der Waals surface area contributed by atoms with E-state index < -0.39 is 0 Å². The number of aromatic amines is 1. The molecule has 0 aliphatic carbocycles. The van der Waals surface area contributed by atoms with Crippen molar-refractivity contribution in [3.8, 4) is 5.75 Å². The van der Waals surface area contributed by atoms with Crippen LogP contribution in [0.3, 0.4) is 0 Å². The number of fused-ring (bicyclic) bond motifs is 3. The molecule has 0 spiro atoms. The van der Waals surface area contributed by atoms with E-state index in [1.807, 2.05) is 13.0 Å². The number of aromatic nitrogens is 1. The van der Waals surface area contributed by atoms with Gasteiger partial charge >= 0.3 is 0 Å². The number of benzene rings is 2. The predicted molar refractivity (Wildman–Crippen MR) is 104 cm³/mol. The standard InChI is InChI=1S/C21H23ClN2O/c1-4-25-19-10-13(3)12(2)9-17(19)20-21-15(7-8-23-20)16-11-14(22)5-6-18(16)24-21/h5-6,9-11,20,23-24H,4,7-8H2,1-3H3. The molecule has 3 nitrogen and oxygen atoms in total. The van der Waals surface area contributed by atoms with E-state index in [4.69, 9.17) is 16.3 Å². The summed E-state index contributed by atoms with van der Waals surface area (Å²) < 4.78 is 5.96. The molecule has 0 saturated carbocycles. The summed E-state index contributed by atoms with van der Waals surface area (Å²) in [5.74, 6) is 0.965. The molecular formula is C21H23ClN2O. The first-order valence-electron chi connectivity index (χ1n) is 8.85. The SMILES string of the molecule is CCOc1cc(C)c(C)cc1C1NCCc2c1[nH]c1ccc(Cl)cc21. The summed E-state index contributed by atoms with van der Waals surface area (Å²) >= 11 is 6.23. The van der Waals surface area contributed by atoms with Crippen LogP contribution in [0.2, 0.25) is 5.02 Å². The van der Waals surface area contributed by atoms with Gasteiger partial charge in [0.1, 0.15) is 5.75 Å². The summed E-state index contributed by atoms with van der Waals surface area (Å²) in [5.41, 5.74) is 7.47. The van der Waals surface area contributed by atoms with Gasteiger partial charge in [-0.1, -0.05) is 17.7 Å². The molecular weight excluding hydrogens is 332 g/mol. The summed E-state index contributed by atoms with van der Waals surface area (Å²) in [5, 5.41) is 5.68. The van der Waals surface area contributed by atoms with Crippen LogP contribution in [0.5, 0.6) is 5.75 Å². The number of hydrogen-bond donors (Lipinski definition) is 2. The third kappa shape index (κ3) is 2.82. The van der Waals surface area contributed by atoms with Crippen molar-refractivity contribution < 1.29 is 4.74 Å². The first-order chi connectivity index (χ1) is 12.1. The number of aryl methyl sites for hydroxylation is 2. The first-order valence-corrected chi connectivity index (χ1v) is 9.23. The van der Waals surface area contributed by atoms with Crippen molar-refractivity contribution in [3.63, 3.8) is 0 Å². The van der Waals surface area contributed by atoms with E-state index in [-0.39, 0.29) is 6.04 Å². The molecule has 1 aromatic heterocycles. The van der Waals surface area contributed by atoms with Gasteiger partial charge in [-0.2, -0.15) is 0 Å². The molecule has 0 amide bonds. The molecule has 2 heterocycles. The lowest BCUT2D eigenvalue weighted by Gasteiger charge is -2.27. The van der Waals surface area contributed by atoms with Crippen molar-refractivity contribution in [2.45, 2.75) is 33.2 Å². The third-order valence-corrected chi connectivity index (χ3v) is 5.39. The van der Waals surface area contributed by atoms with E-state index in [1.54, 1.807) is 0 Å². The Hall–Kier alpha value is -1.97. The van der Waals surface area contributed by atoms with Gasteiger partial charge in [0, 0.05) is 33.7 Å². The number of rotatable bonds is 3. The molecule has 0 fully saturated rings. The Balaban J connectivity index is 1.89. The van der Waals surface area contributed by atoms with Crippen molar-refractivity contribution in [2.75, 3.05) is 13.2 Å². The molecule has 0 bridgehead atoms. The quantitative estimate of drug-likeness (QED) is 0.688. The maximum absolute atomic E-state index is 6.23. The molecule has 130 valence electrons. The topological polar surface area (TPSA) is 37.0 Å². The van der Waals surface area contributed by atoms with E-state index in [2.05, 4.69) is 48.4 Å². The van der Waals surface area contributed by atoms with Crippen molar-refractivity contribution in [2.24, 2.45) is 0 Å². The van der Waals surface area contributed by atoms with Crippen molar-refractivity contribution in [1.29, 1.82) is 0 Å². The Morgan fingerprint density at radius 2 is 1.96 bits per heavy atom. The molecule has 1 aliphatic rings. The number of H-pyrrole nitrogens is 1. The highest BCUT2D eigenvalue weighted by Gasteiger charge is 2.28. The Morgan fingerprint density at radius 3 is 2.76 bits per heavy atom. The van der Waals surface area contributed by atoms with Crippen LogP contribution in [0.15, 0.2) is 30.3 Å². The number of hydrogen-bond acceptors (Lipinski definition) is 2. The first kappa shape index (κ1) is 16.5. The second-order valence-corrected chi connectivity index (χ2v) is 7.19. The van der Waals surface area contributed by atoms with Gasteiger partial charge < -0.3 is 15.0 Å². The van der Waals surface area contributed by atoms with E-state index in [0.29, 0.717) is 6.61 Å². The number of halogens is 1. The highest BCUT2D eigenvalue weighted by atomic mass is 35.5. The fourth-order valence-electron chi connectivity index (χ4n) is 3.78. The maximum Gasteiger partial charge on any atom is 0.124 e. The van der Waals surface area contributed by atoms with E-state index in [1.165, 1.54) is 33.3 Å². The van der Waals surface area contributed by atoms with E-state index >= 15 is 0 Å². The minimum Gasteiger partial charge on any atom is -0.494 e. The van der Waals surface area contributed by atoms with Gasteiger partial charge in [0.2, 0.25) is 0 Å². The molecule has 0 radical (unpaired) electrons. The summed E-state index contributed by atoms with van der Waals surface area (Å²) in [4.78, 5) is 3.62. The molecule has 2 aromatic carbocycles. The molecule has 4 heteroatoms. The smallest absolute Gasteiger partial charge is 0.124 e. The Labute approximate surface area is 153 Å². The fourth-order valence-corrected chi connectivity index (χ4v) is 3.96. The Kier molecular flexibility index (Phi) is 4.22. The summed E-state index contributed by atoms with van der Waals surface area (Å²) in [7, 11) is 0. The average Bonchev–Trinajstić information content (AvgIpc) is 2.96. The lowest BCUT2D eigenvalue weighted by Crippen LogP contribution is -2.31. The fraction of sp³-hybridized carbons (Fsp3) is 0.333. The number of nitrogens with one attached hydrogen (secondary N) is 2. The Morgan fingerprint density at radius 1 is 1.16 bits per heavy atom. The van der Waals surface area contributed by atoms with Gasteiger partial charge in [-0.25, -0.2) is 0 Å². The summed E-state index contributed by atoms with van der Waals surface area (Å²) in [6, 6.07) is 10.6. The third-order valence-electron chi connectivity index (χ3n) is 5.15. The zero-order valence-corrected chi connectivity index (χ0v) is 15.6. The lowest BCUT2D eigenvalue weighted by molar-refractivity contribution is 0.332. The molecule has 1 unspecified atom stereocenters. The maximum atomic E-state index is 6.23. The van der Waals surface area contributed by atoms with E-state index in [0.717, 1.165) is 29.3 Å². The monoisotopic (exact) mass is 354 g/mol. The van der Waals surface area contributed by atoms with Crippen LogP contribution in [0.4, 0.5) is 0 Å². The zero-order valence-electron chi connectivity index (χ0n) is 14.9. The second-order valence-electron chi connectivity index (χ2n) is 6.75. The van der Waals surface area contributed by atoms with Crippen LogP contribution in [0.25, 0.3) is 10.9 Å².